The van der Waals surface area contributed by atoms with Crippen LogP contribution < -0.4 is 5.32 Å². The van der Waals surface area contributed by atoms with E-state index in [0.29, 0.717) is 19.7 Å². The summed E-state index contributed by atoms with van der Waals surface area (Å²) in [6.07, 6.45) is 0.943. The molecule has 0 bridgehead atoms. The molecular formula is C12H22N2O4. The van der Waals surface area contributed by atoms with Gasteiger partial charge in [-0.1, -0.05) is 20.8 Å². The molecular weight excluding hydrogens is 236 g/mol. The highest BCUT2D eigenvalue weighted by atomic mass is 16.5. The molecule has 1 aliphatic heterocycles. The van der Waals surface area contributed by atoms with E-state index in [4.69, 9.17) is 9.84 Å². The summed E-state index contributed by atoms with van der Waals surface area (Å²) in [6.45, 7) is 7.46. The number of nitrogens with one attached hydrogen (secondary N) is 1. The van der Waals surface area contributed by atoms with E-state index in [9.17, 15) is 9.59 Å². The fourth-order valence-electron chi connectivity index (χ4n) is 1.59. The second-order valence-electron chi connectivity index (χ2n) is 5.30. The fraction of sp³-hybridized carbons (Fsp3) is 0.833. The number of nitrogens with zero attached hydrogens (tertiary/aromatic N) is 1. The van der Waals surface area contributed by atoms with Crippen LogP contribution in [0.1, 0.15) is 27.2 Å². The minimum Gasteiger partial charge on any atom is -0.480 e. The summed E-state index contributed by atoms with van der Waals surface area (Å²) in [7, 11) is 0. The number of carboxylic acids is 1. The standard InChI is InChI=1S/C12H22N2O4/c1-4-12(2,3)8-13-11(17)14-5-6-18-7-9(14)10(15)16/h9H,4-8H2,1-3H3,(H,13,17)(H,15,16). The number of carbonyl (C=O) groups excluding carboxylic acids is 1. The maximum atomic E-state index is 12.0. The van der Waals surface area contributed by atoms with E-state index in [-0.39, 0.29) is 18.1 Å². The molecule has 0 aromatic carbocycles. The van der Waals surface area contributed by atoms with Crippen molar-refractivity contribution in [2.24, 2.45) is 5.41 Å². The lowest BCUT2D eigenvalue weighted by Gasteiger charge is -2.34. The normalized spacial score (nSPS) is 20.6. The molecule has 1 unspecified atom stereocenters. The second kappa shape index (κ2) is 6.04. The van der Waals surface area contributed by atoms with E-state index < -0.39 is 12.0 Å². The first-order valence-electron chi connectivity index (χ1n) is 6.22. The highest BCUT2D eigenvalue weighted by Gasteiger charge is 2.33. The number of carbonyl (C=O) groups is 2. The lowest BCUT2D eigenvalue weighted by Crippen LogP contribution is -2.56. The van der Waals surface area contributed by atoms with Gasteiger partial charge in [-0.05, 0) is 11.8 Å². The second-order valence-corrected chi connectivity index (χ2v) is 5.30. The molecule has 0 radical (unpaired) electrons. The number of ether oxygens (including phenoxy) is 1. The molecule has 0 aliphatic carbocycles. The Kier molecular flexibility index (Phi) is 4.95. The van der Waals surface area contributed by atoms with Crippen LogP contribution in [0.4, 0.5) is 4.79 Å². The average molecular weight is 258 g/mol. The van der Waals surface area contributed by atoms with Gasteiger partial charge in [0.2, 0.25) is 0 Å². The number of rotatable bonds is 4. The summed E-state index contributed by atoms with van der Waals surface area (Å²) in [5.74, 6) is -1.03. The van der Waals surface area contributed by atoms with Crippen LogP contribution in [-0.4, -0.2) is 54.4 Å². The number of hydrogen-bond acceptors (Lipinski definition) is 3. The van der Waals surface area contributed by atoms with Crippen molar-refractivity contribution in [2.75, 3.05) is 26.3 Å². The van der Waals surface area contributed by atoms with Gasteiger partial charge in [-0.25, -0.2) is 9.59 Å². The van der Waals surface area contributed by atoms with Crippen LogP contribution in [0.2, 0.25) is 0 Å². The third kappa shape index (κ3) is 3.87. The number of hydrogen-bond donors (Lipinski definition) is 2. The Bertz CT molecular complexity index is 317. The highest BCUT2D eigenvalue weighted by Crippen LogP contribution is 2.18. The van der Waals surface area contributed by atoms with E-state index in [1.807, 2.05) is 0 Å². The Hall–Kier alpha value is -1.30. The zero-order chi connectivity index (χ0) is 13.8. The minimum atomic E-state index is -1.03. The van der Waals surface area contributed by atoms with Crippen LogP contribution >= 0.6 is 0 Å². The topological polar surface area (TPSA) is 78.9 Å². The van der Waals surface area contributed by atoms with Crippen LogP contribution in [0.25, 0.3) is 0 Å². The summed E-state index contributed by atoms with van der Waals surface area (Å²) < 4.78 is 5.09. The van der Waals surface area contributed by atoms with Crippen molar-refractivity contribution < 1.29 is 19.4 Å². The predicted octanol–water partition coefficient (Wildman–Crippen LogP) is 0.918. The number of urea groups is 1. The summed E-state index contributed by atoms with van der Waals surface area (Å²) in [5, 5.41) is 11.8. The zero-order valence-corrected chi connectivity index (χ0v) is 11.2. The third-order valence-electron chi connectivity index (χ3n) is 3.35. The molecule has 0 aromatic heterocycles. The maximum Gasteiger partial charge on any atom is 0.328 e. The van der Waals surface area contributed by atoms with Gasteiger partial charge in [-0.3, -0.25) is 0 Å². The lowest BCUT2D eigenvalue weighted by molar-refractivity contribution is -0.147. The smallest absolute Gasteiger partial charge is 0.328 e. The molecule has 1 aliphatic rings. The largest absolute Gasteiger partial charge is 0.480 e. The van der Waals surface area contributed by atoms with E-state index in [0.717, 1.165) is 6.42 Å². The molecule has 1 saturated heterocycles. The van der Waals surface area contributed by atoms with Gasteiger partial charge in [-0.2, -0.15) is 0 Å². The van der Waals surface area contributed by atoms with E-state index >= 15 is 0 Å². The molecule has 2 amide bonds. The van der Waals surface area contributed by atoms with Crippen molar-refractivity contribution in [3.05, 3.63) is 0 Å². The van der Waals surface area contributed by atoms with Crippen molar-refractivity contribution in [3.63, 3.8) is 0 Å². The fourth-order valence-corrected chi connectivity index (χ4v) is 1.59. The minimum absolute atomic E-state index is 0.0146. The van der Waals surface area contributed by atoms with E-state index in [1.165, 1.54) is 4.90 Å². The van der Waals surface area contributed by atoms with Crippen molar-refractivity contribution in [1.82, 2.24) is 10.2 Å². The molecule has 104 valence electrons. The van der Waals surface area contributed by atoms with Gasteiger partial charge in [0, 0.05) is 13.1 Å². The van der Waals surface area contributed by atoms with Gasteiger partial charge in [0.15, 0.2) is 6.04 Å². The van der Waals surface area contributed by atoms with Crippen LogP contribution in [0.5, 0.6) is 0 Å². The Balaban J connectivity index is 2.56. The SMILES string of the molecule is CCC(C)(C)CNC(=O)N1CCOCC1C(=O)O. The molecule has 6 nitrogen and oxygen atoms in total. The molecule has 0 spiro atoms. The van der Waals surface area contributed by atoms with Gasteiger partial charge >= 0.3 is 12.0 Å². The lowest BCUT2D eigenvalue weighted by atomic mass is 9.90. The molecule has 1 heterocycles. The number of amides is 2. The number of morpholine rings is 1. The Labute approximate surface area is 107 Å². The van der Waals surface area contributed by atoms with Crippen molar-refractivity contribution in [1.29, 1.82) is 0 Å². The summed E-state index contributed by atoms with van der Waals surface area (Å²) in [4.78, 5) is 24.3. The van der Waals surface area contributed by atoms with Gasteiger partial charge in [0.25, 0.3) is 0 Å². The first-order chi connectivity index (χ1) is 8.37. The van der Waals surface area contributed by atoms with Crippen molar-refractivity contribution >= 4 is 12.0 Å². The number of carboxylic acid groups (broad SMARTS) is 1. The van der Waals surface area contributed by atoms with Crippen LogP contribution in [-0.2, 0) is 9.53 Å². The van der Waals surface area contributed by atoms with Gasteiger partial charge in [0.1, 0.15) is 0 Å². The molecule has 0 aromatic rings. The molecule has 1 rings (SSSR count). The summed E-state index contributed by atoms with van der Waals surface area (Å²) >= 11 is 0. The van der Waals surface area contributed by atoms with Crippen molar-refractivity contribution in [2.45, 2.75) is 33.2 Å². The van der Waals surface area contributed by atoms with Crippen LogP contribution in [0, 0.1) is 5.41 Å². The van der Waals surface area contributed by atoms with Gasteiger partial charge < -0.3 is 20.1 Å². The summed E-state index contributed by atoms with van der Waals surface area (Å²) in [6, 6.07) is -1.21. The first-order valence-corrected chi connectivity index (χ1v) is 6.22. The number of aliphatic carboxylic acids is 1. The molecule has 18 heavy (non-hydrogen) atoms. The van der Waals surface area contributed by atoms with Gasteiger partial charge in [0.05, 0.1) is 13.2 Å². The maximum absolute atomic E-state index is 12.0. The Morgan fingerprint density at radius 3 is 2.72 bits per heavy atom. The molecule has 1 atom stereocenters. The Morgan fingerprint density at radius 1 is 1.50 bits per heavy atom. The quantitative estimate of drug-likeness (QED) is 0.786. The van der Waals surface area contributed by atoms with Gasteiger partial charge in [-0.15, -0.1) is 0 Å². The first kappa shape index (κ1) is 14.8. The monoisotopic (exact) mass is 258 g/mol. The summed E-state index contributed by atoms with van der Waals surface area (Å²) in [5.41, 5.74) is 0.0146. The van der Waals surface area contributed by atoms with E-state index in [2.05, 4.69) is 26.1 Å². The van der Waals surface area contributed by atoms with Crippen LogP contribution in [0.15, 0.2) is 0 Å². The highest BCUT2D eigenvalue weighted by molar-refractivity contribution is 5.83. The molecule has 6 heteroatoms. The van der Waals surface area contributed by atoms with Crippen molar-refractivity contribution in [3.8, 4) is 0 Å². The van der Waals surface area contributed by atoms with Crippen LogP contribution in [0.3, 0.4) is 0 Å². The third-order valence-corrected chi connectivity index (χ3v) is 3.35. The predicted molar refractivity (Wildman–Crippen MR) is 66.4 cm³/mol. The molecule has 0 saturated carbocycles. The average Bonchev–Trinajstić information content (AvgIpc) is 2.36. The molecule has 1 fully saturated rings. The van der Waals surface area contributed by atoms with E-state index in [1.54, 1.807) is 0 Å². The molecule has 2 N–H and O–H groups in total. The Morgan fingerprint density at radius 2 is 2.17 bits per heavy atom. The zero-order valence-electron chi connectivity index (χ0n) is 11.2.